The van der Waals surface area contributed by atoms with Crippen molar-refractivity contribution in [2.75, 3.05) is 0 Å². The van der Waals surface area contributed by atoms with Crippen molar-refractivity contribution in [3.63, 3.8) is 0 Å². The molecule has 0 saturated carbocycles. The first-order valence-corrected chi connectivity index (χ1v) is 4.71. The Morgan fingerprint density at radius 1 is 1.32 bits per heavy atom. The zero-order chi connectivity index (χ0) is 13.8. The number of aliphatic imine (C=N–C) groups is 1. The van der Waals surface area contributed by atoms with E-state index in [1.807, 2.05) is 0 Å². The van der Waals surface area contributed by atoms with Crippen LogP contribution in [0.15, 0.2) is 29.3 Å². The maximum Gasteiger partial charge on any atom is 0.437 e. The van der Waals surface area contributed by atoms with Gasteiger partial charge in [-0.3, -0.25) is 0 Å². The summed E-state index contributed by atoms with van der Waals surface area (Å²) in [6, 6.07) is 4.40. The SMILES string of the molecule is Cl.NC(N)=NC(=O)OCc1cccc(C(F)(F)F)c1. The Balaban J connectivity index is 0.00000324. The maximum absolute atomic E-state index is 12.4. The summed E-state index contributed by atoms with van der Waals surface area (Å²) in [4.78, 5) is 14.0. The van der Waals surface area contributed by atoms with E-state index in [-0.39, 0.29) is 24.6 Å². The number of nitrogens with two attached hydrogens (primary N) is 2. The van der Waals surface area contributed by atoms with Crippen LogP contribution in [0.4, 0.5) is 18.0 Å². The molecule has 0 bridgehead atoms. The maximum atomic E-state index is 12.4. The van der Waals surface area contributed by atoms with E-state index in [1.54, 1.807) is 0 Å². The molecule has 1 amide bonds. The van der Waals surface area contributed by atoms with Gasteiger partial charge in [0.15, 0.2) is 5.96 Å². The van der Waals surface area contributed by atoms with E-state index in [4.69, 9.17) is 11.5 Å². The first-order valence-electron chi connectivity index (χ1n) is 4.71. The third-order valence-electron chi connectivity index (χ3n) is 1.84. The molecule has 4 N–H and O–H groups in total. The van der Waals surface area contributed by atoms with Gasteiger partial charge in [0.2, 0.25) is 0 Å². The molecular formula is C10H11ClF3N3O2. The van der Waals surface area contributed by atoms with Crippen LogP contribution in [0.25, 0.3) is 0 Å². The van der Waals surface area contributed by atoms with Gasteiger partial charge >= 0.3 is 12.3 Å². The van der Waals surface area contributed by atoms with Crippen LogP contribution in [0.2, 0.25) is 0 Å². The van der Waals surface area contributed by atoms with E-state index in [0.29, 0.717) is 0 Å². The summed E-state index contributed by atoms with van der Waals surface area (Å²) in [5.74, 6) is -0.482. The van der Waals surface area contributed by atoms with Crippen molar-refractivity contribution in [2.45, 2.75) is 12.8 Å². The smallest absolute Gasteiger partial charge is 0.437 e. The lowest BCUT2D eigenvalue weighted by Crippen LogP contribution is -2.24. The molecule has 0 radical (unpaired) electrons. The van der Waals surface area contributed by atoms with Crippen LogP contribution in [0.1, 0.15) is 11.1 Å². The molecule has 0 unspecified atom stereocenters. The average Bonchev–Trinajstić information content (AvgIpc) is 2.25. The van der Waals surface area contributed by atoms with E-state index < -0.39 is 23.8 Å². The van der Waals surface area contributed by atoms with Crippen LogP contribution in [0.5, 0.6) is 0 Å². The highest BCUT2D eigenvalue weighted by atomic mass is 35.5. The Morgan fingerprint density at radius 2 is 1.95 bits per heavy atom. The number of hydrogen-bond donors (Lipinski definition) is 2. The Hall–Kier alpha value is -1.96. The number of ether oxygens (including phenoxy) is 1. The van der Waals surface area contributed by atoms with Crippen LogP contribution in [-0.4, -0.2) is 12.1 Å². The normalized spacial score (nSPS) is 10.3. The minimum absolute atomic E-state index is 0. The molecule has 106 valence electrons. The van der Waals surface area contributed by atoms with Crippen LogP contribution >= 0.6 is 12.4 Å². The monoisotopic (exact) mass is 297 g/mol. The van der Waals surface area contributed by atoms with E-state index in [2.05, 4.69) is 9.73 Å². The van der Waals surface area contributed by atoms with Crippen LogP contribution in [0, 0.1) is 0 Å². The predicted octanol–water partition coefficient (Wildman–Crippen LogP) is 2.04. The first kappa shape index (κ1) is 17.0. The summed E-state index contributed by atoms with van der Waals surface area (Å²) < 4.78 is 41.7. The summed E-state index contributed by atoms with van der Waals surface area (Å²) in [7, 11) is 0. The second-order valence-electron chi connectivity index (χ2n) is 3.29. The van der Waals surface area contributed by atoms with Gasteiger partial charge in [0.1, 0.15) is 6.61 Å². The number of carbonyl (C=O) groups excluding carboxylic acids is 1. The van der Waals surface area contributed by atoms with Gasteiger partial charge in [-0.15, -0.1) is 17.4 Å². The van der Waals surface area contributed by atoms with Crippen LogP contribution < -0.4 is 11.5 Å². The van der Waals surface area contributed by atoms with Crippen molar-refractivity contribution >= 4 is 24.5 Å². The second-order valence-corrected chi connectivity index (χ2v) is 3.29. The minimum Gasteiger partial charge on any atom is -0.443 e. The molecule has 0 atom stereocenters. The van der Waals surface area contributed by atoms with Gasteiger partial charge in [-0.25, -0.2) is 4.79 Å². The fourth-order valence-corrected chi connectivity index (χ4v) is 1.12. The Labute approximate surface area is 112 Å². The average molecular weight is 298 g/mol. The summed E-state index contributed by atoms with van der Waals surface area (Å²) in [5, 5.41) is 0. The minimum atomic E-state index is -4.44. The molecule has 0 fully saturated rings. The second kappa shape index (κ2) is 6.83. The van der Waals surface area contributed by atoms with Crippen LogP contribution in [-0.2, 0) is 17.5 Å². The largest absolute Gasteiger partial charge is 0.443 e. The molecule has 0 saturated heterocycles. The number of halogens is 4. The zero-order valence-electron chi connectivity index (χ0n) is 9.48. The van der Waals surface area contributed by atoms with Gasteiger partial charge in [0, 0.05) is 0 Å². The molecule has 0 aliphatic carbocycles. The molecule has 9 heteroatoms. The molecule has 0 aromatic heterocycles. The van der Waals surface area contributed by atoms with Gasteiger partial charge in [0.25, 0.3) is 0 Å². The van der Waals surface area contributed by atoms with Gasteiger partial charge < -0.3 is 16.2 Å². The number of hydrogen-bond acceptors (Lipinski definition) is 2. The summed E-state index contributed by atoms with van der Waals surface area (Å²) in [5.41, 5.74) is 9.21. The third-order valence-corrected chi connectivity index (χ3v) is 1.84. The molecule has 1 rings (SSSR count). The Morgan fingerprint density at radius 3 is 2.47 bits per heavy atom. The lowest BCUT2D eigenvalue weighted by molar-refractivity contribution is -0.137. The standard InChI is InChI=1S/C10H10F3N3O2.ClH/c11-10(12,13)7-3-1-2-6(4-7)5-18-9(17)16-8(14)15;/h1-4H,5H2,(H4,14,15,16,17);1H. The molecule has 0 aliphatic heterocycles. The fraction of sp³-hybridized carbons (Fsp3) is 0.200. The molecule has 5 nitrogen and oxygen atoms in total. The number of rotatable bonds is 2. The van der Waals surface area contributed by atoms with Crippen molar-refractivity contribution in [1.29, 1.82) is 0 Å². The molecule has 0 spiro atoms. The lowest BCUT2D eigenvalue weighted by Gasteiger charge is -2.08. The van der Waals surface area contributed by atoms with E-state index >= 15 is 0 Å². The number of amides is 1. The summed E-state index contributed by atoms with van der Waals surface area (Å²) in [6.07, 6.45) is -5.51. The van der Waals surface area contributed by atoms with Gasteiger partial charge in [-0.05, 0) is 17.7 Å². The topological polar surface area (TPSA) is 90.7 Å². The number of nitrogens with zero attached hydrogens (tertiary/aromatic N) is 1. The number of alkyl halides is 3. The highest BCUT2D eigenvalue weighted by Crippen LogP contribution is 2.29. The predicted molar refractivity (Wildman–Crippen MR) is 64.7 cm³/mol. The Bertz CT molecular complexity index is 473. The molecule has 19 heavy (non-hydrogen) atoms. The highest BCUT2D eigenvalue weighted by Gasteiger charge is 2.30. The van der Waals surface area contributed by atoms with Crippen molar-refractivity contribution in [3.05, 3.63) is 35.4 Å². The summed E-state index contributed by atoms with van der Waals surface area (Å²) >= 11 is 0. The first-order chi connectivity index (χ1) is 8.29. The van der Waals surface area contributed by atoms with E-state index in [9.17, 15) is 18.0 Å². The molecule has 1 aromatic rings. The van der Waals surface area contributed by atoms with Crippen LogP contribution in [0.3, 0.4) is 0 Å². The van der Waals surface area contributed by atoms with Crippen molar-refractivity contribution < 1.29 is 22.7 Å². The quantitative estimate of drug-likeness (QED) is 0.645. The van der Waals surface area contributed by atoms with E-state index in [0.717, 1.165) is 12.1 Å². The molecule has 0 aliphatic rings. The van der Waals surface area contributed by atoms with Crippen molar-refractivity contribution in [3.8, 4) is 0 Å². The zero-order valence-corrected chi connectivity index (χ0v) is 10.3. The van der Waals surface area contributed by atoms with Crippen molar-refractivity contribution in [1.82, 2.24) is 0 Å². The number of guanidine groups is 1. The molecular weight excluding hydrogens is 287 g/mol. The molecule has 0 heterocycles. The number of carbonyl (C=O) groups is 1. The Kier molecular flexibility index (Phi) is 6.13. The lowest BCUT2D eigenvalue weighted by atomic mass is 10.1. The van der Waals surface area contributed by atoms with Crippen molar-refractivity contribution in [2.24, 2.45) is 16.5 Å². The highest BCUT2D eigenvalue weighted by molar-refractivity contribution is 5.87. The summed E-state index contributed by atoms with van der Waals surface area (Å²) in [6.45, 7) is -0.348. The molecule has 1 aromatic carbocycles. The fourth-order valence-electron chi connectivity index (χ4n) is 1.12. The number of benzene rings is 1. The van der Waals surface area contributed by atoms with Gasteiger partial charge in [-0.1, -0.05) is 12.1 Å². The van der Waals surface area contributed by atoms with E-state index in [1.165, 1.54) is 12.1 Å². The van der Waals surface area contributed by atoms with Gasteiger partial charge in [-0.2, -0.15) is 13.2 Å². The van der Waals surface area contributed by atoms with Gasteiger partial charge in [0.05, 0.1) is 5.56 Å². The third kappa shape index (κ3) is 5.96.